The van der Waals surface area contributed by atoms with Gasteiger partial charge < -0.3 is 10.6 Å². The number of hydrogen-bond acceptors (Lipinski definition) is 3. The Morgan fingerprint density at radius 3 is 2.68 bits per heavy atom. The van der Waals surface area contributed by atoms with Crippen LogP contribution < -0.4 is 10.6 Å². The normalized spacial score (nSPS) is 20.6. The summed E-state index contributed by atoms with van der Waals surface area (Å²) < 4.78 is 0. The third-order valence-electron chi connectivity index (χ3n) is 3.81. The van der Waals surface area contributed by atoms with E-state index in [2.05, 4.69) is 42.8 Å². The number of rotatable bonds is 4. The molecule has 0 aromatic carbocycles. The van der Waals surface area contributed by atoms with Crippen LogP contribution in [0.5, 0.6) is 0 Å². The molecule has 0 amide bonds. The van der Waals surface area contributed by atoms with Crippen molar-refractivity contribution >= 4 is 5.82 Å². The number of nitrogens with zero attached hydrogens (tertiary/aromatic N) is 2. The second kappa shape index (κ2) is 5.95. The quantitative estimate of drug-likeness (QED) is 0.879. The summed E-state index contributed by atoms with van der Waals surface area (Å²) in [5.74, 6) is 2.29. The molecule has 1 aliphatic heterocycles. The van der Waals surface area contributed by atoms with Gasteiger partial charge in [0, 0.05) is 30.4 Å². The first-order valence-corrected chi connectivity index (χ1v) is 7.56. The lowest BCUT2D eigenvalue weighted by Gasteiger charge is -2.32. The standard InChI is InChI=1S/C15H28N4/c1-10(2)8-13-14(11(3)4)15(18-17-13)19-7-5-6-12(16)9-19/h10-12H,5-9,16H2,1-4H3,(H,17,18). The van der Waals surface area contributed by atoms with Crippen LogP contribution in [0.1, 0.15) is 57.7 Å². The number of nitrogens with one attached hydrogen (secondary N) is 1. The molecule has 0 saturated carbocycles. The van der Waals surface area contributed by atoms with Crippen LogP contribution in [0.25, 0.3) is 0 Å². The van der Waals surface area contributed by atoms with E-state index in [4.69, 9.17) is 5.73 Å². The first kappa shape index (κ1) is 14.4. The van der Waals surface area contributed by atoms with E-state index in [0.717, 1.165) is 31.7 Å². The van der Waals surface area contributed by atoms with Crippen LogP contribution >= 0.6 is 0 Å². The summed E-state index contributed by atoms with van der Waals surface area (Å²) in [5, 5.41) is 7.86. The van der Waals surface area contributed by atoms with Crippen molar-refractivity contribution in [1.82, 2.24) is 10.2 Å². The Labute approximate surface area is 116 Å². The molecule has 4 nitrogen and oxygen atoms in total. The third kappa shape index (κ3) is 3.30. The molecule has 0 aliphatic carbocycles. The number of anilines is 1. The molecule has 0 spiro atoms. The molecule has 4 heteroatoms. The van der Waals surface area contributed by atoms with E-state index in [1.165, 1.54) is 17.7 Å². The predicted octanol–water partition coefficient (Wildman–Crippen LogP) is 2.66. The second-order valence-corrected chi connectivity index (χ2v) is 6.54. The third-order valence-corrected chi connectivity index (χ3v) is 3.81. The SMILES string of the molecule is CC(C)Cc1[nH]nc(N2CCCC(N)C2)c1C(C)C. The average molecular weight is 264 g/mol. The fourth-order valence-electron chi connectivity index (χ4n) is 2.99. The maximum Gasteiger partial charge on any atom is 0.154 e. The minimum absolute atomic E-state index is 0.291. The van der Waals surface area contributed by atoms with Gasteiger partial charge >= 0.3 is 0 Å². The van der Waals surface area contributed by atoms with Crippen LogP contribution in [0.3, 0.4) is 0 Å². The van der Waals surface area contributed by atoms with Gasteiger partial charge in [-0.25, -0.2) is 0 Å². The van der Waals surface area contributed by atoms with Crippen molar-refractivity contribution in [2.75, 3.05) is 18.0 Å². The number of aromatic nitrogens is 2. The van der Waals surface area contributed by atoms with Gasteiger partial charge in [-0.3, -0.25) is 5.10 Å². The maximum absolute atomic E-state index is 6.10. The minimum Gasteiger partial charge on any atom is -0.353 e. The van der Waals surface area contributed by atoms with Crippen molar-refractivity contribution in [3.05, 3.63) is 11.3 Å². The highest BCUT2D eigenvalue weighted by molar-refractivity contribution is 5.51. The molecule has 19 heavy (non-hydrogen) atoms. The van der Waals surface area contributed by atoms with E-state index in [0.29, 0.717) is 17.9 Å². The monoisotopic (exact) mass is 264 g/mol. The molecule has 1 aliphatic rings. The smallest absolute Gasteiger partial charge is 0.154 e. The minimum atomic E-state index is 0.291. The van der Waals surface area contributed by atoms with Gasteiger partial charge in [0.15, 0.2) is 5.82 Å². The summed E-state index contributed by atoms with van der Waals surface area (Å²) in [6.45, 7) is 11.0. The number of piperidine rings is 1. The van der Waals surface area contributed by atoms with Gasteiger partial charge in [-0.15, -0.1) is 0 Å². The van der Waals surface area contributed by atoms with Crippen LogP contribution in [0.15, 0.2) is 0 Å². The first-order valence-electron chi connectivity index (χ1n) is 7.56. The predicted molar refractivity (Wildman–Crippen MR) is 80.6 cm³/mol. The molecule has 1 saturated heterocycles. The van der Waals surface area contributed by atoms with Crippen molar-refractivity contribution in [2.45, 2.75) is 58.9 Å². The van der Waals surface area contributed by atoms with Crippen LogP contribution in [0.2, 0.25) is 0 Å². The zero-order chi connectivity index (χ0) is 14.0. The van der Waals surface area contributed by atoms with E-state index in [1.54, 1.807) is 0 Å². The second-order valence-electron chi connectivity index (χ2n) is 6.54. The highest BCUT2D eigenvalue weighted by Gasteiger charge is 2.24. The fourth-order valence-corrected chi connectivity index (χ4v) is 2.99. The Morgan fingerprint density at radius 1 is 1.37 bits per heavy atom. The fraction of sp³-hybridized carbons (Fsp3) is 0.800. The molecule has 0 radical (unpaired) electrons. The molecule has 3 N–H and O–H groups in total. The van der Waals surface area contributed by atoms with Crippen molar-refractivity contribution in [2.24, 2.45) is 11.7 Å². The molecule has 0 bridgehead atoms. The first-order chi connectivity index (χ1) is 8.99. The molecular weight excluding hydrogens is 236 g/mol. The van der Waals surface area contributed by atoms with E-state index >= 15 is 0 Å². The number of H-pyrrole nitrogens is 1. The number of hydrogen-bond donors (Lipinski definition) is 2. The van der Waals surface area contributed by atoms with Crippen molar-refractivity contribution in [3.8, 4) is 0 Å². The molecule has 1 aromatic heterocycles. The highest BCUT2D eigenvalue weighted by Crippen LogP contribution is 2.31. The summed E-state index contributed by atoms with van der Waals surface area (Å²) in [6, 6.07) is 0.291. The van der Waals surface area contributed by atoms with Crippen LogP contribution in [0, 0.1) is 5.92 Å². The molecule has 1 aromatic rings. The summed E-state index contributed by atoms with van der Waals surface area (Å²) in [4.78, 5) is 2.36. The molecular formula is C15H28N4. The lowest BCUT2D eigenvalue weighted by atomic mass is 9.96. The Morgan fingerprint density at radius 2 is 2.11 bits per heavy atom. The number of nitrogens with two attached hydrogens (primary N) is 1. The van der Waals surface area contributed by atoms with Crippen molar-refractivity contribution in [3.63, 3.8) is 0 Å². The van der Waals surface area contributed by atoms with Gasteiger partial charge in [-0.05, 0) is 31.1 Å². The van der Waals surface area contributed by atoms with Gasteiger partial charge in [0.2, 0.25) is 0 Å². The average Bonchev–Trinajstić information content (AvgIpc) is 2.71. The zero-order valence-electron chi connectivity index (χ0n) is 12.7. The van der Waals surface area contributed by atoms with Gasteiger partial charge in [0.05, 0.1) is 0 Å². The molecule has 1 fully saturated rings. The highest BCUT2D eigenvalue weighted by atomic mass is 15.3. The van der Waals surface area contributed by atoms with E-state index in [1.807, 2.05) is 0 Å². The summed E-state index contributed by atoms with van der Waals surface area (Å²) in [7, 11) is 0. The molecule has 1 atom stereocenters. The van der Waals surface area contributed by atoms with Crippen molar-refractivity contribution < 1.29 is 0 Å². The summed E-state index contributed by atoms with van der Waals surface area (Å²) in [5.41, 5.74) is 8.79. The Kier molecular flexibility index (Phi) is 4.50. The molecule has 2 rings (SSSR count). The summed E-state index contributed by atoms with van der Waals surface area (Å²) >= 11 is 0. The van der Waals surface area contributed by atoms with Gasteiger partial charge in [0.1, 0.15) is 0 Å². The Balaban J connectivity index is 2.26. The maximum atomic E-state index is 6.10. The lowest BCUT2D eigenvalue weighted by Crippen LogP contribution is -2.43. The van der Waals surface area contributed by atoms with Crippen molar-refractivity contribution in [1.29, 1.82) is 0 Å². The summed E-state index contributed by atoms with van der Waals surface area (Å²) in [6.07, 6.45) is 3.38. The lowest BCUT2D eigenvalue weighted by molar-refractivity contribution is 0.501. The van der Waals surface area contributed by atoms with Gasteiger partial charge in [0.25, 0.3) is 0 Å². The van der Waals surface area contributed by atoms with Crippen LogP contribution in [-0.4, -0.2) is 29.3 Å². The Hall–Kier alpha value is -1.03. The van der Waals surface area contributed by atoms with E-state index in [-0.39, 0.29) is 0 Å². The Bertz CT molecular complexity index is 408. The topological polar surface area (TPSA) is 57.9 Å². The number of aromatic amines is 1. The zero-order valence-corrected chi connectivity index (χ0v) is 12.7. The van der Waals surface area contributed by atoms with Crippen LogP contribution in [-0.2, 0) is 6.42 Å². The van der Waals surface area contributed by atoms with Gasteiger partial charge in [-0.2, -0.15) is 5.10 Å². The van der Waals surface area contributed by atoms with Crippen LogP contribution in [0.4, 0.5) is 5.82 Å². The largest absolute Gasteiger partial charge is 0.353 e. The molecule has 1 unspecified atom stereocenters. The van der Waals surface area contributed by atoms with E-state index in [9.17, 15) is 0 Å². The van der Waals surface area contributed by atoms with Gasteiger partial charge in [-0.1, -0.05) is 27.7 Å². The molecule has 108 valence electrons. The van der Waals surface area contributed by atoms with E-state index < -0.39 is 0 Å². The molecule has 2 heterocycles.